The second kappa shape index (κ2) is 4.71. The van der Waals surface area contributed by atoms with Crippen molar-refractivity contribution >= 4 is 5.69 Å². The second-order valence-electron chi connectivity index (χ2n) is 4.58. The van der Waals surface area contributed by atoms with Gasteiger partial charge in [0.05, 0.1) is 0 Å². The van der Waals surface area contributed by atoms with Crippen LogP contribution in [0, 0.1) is 0 Å². The third-order valence-corrected chi connectivity index (χ3v) is 3.18. The van der Waals surface area contributed by atoms with Crippen LogP contribution in [0.15, 0.2) is 36.4 Å². The van der Waals surface area contributed by atoms with E-state index in [1.165, 1.54) is 16.8 Å². The zero-order valence-corrected chi connectivity index (χ0v) is 9.95. The fraction of sp³-hybridized carbons (Fsp3) is 0.429. The Hall–Kier alpha value is -1.28. The van der Waals surface area contributed by atoms with Crippen LogP contribution in [0.3, 0.4) is 0 Å². The average molecular weight is 216 g/mol. The molecular weight excluding hydrogens is 196 g/mol. The number of benzene rings is 1. The summed E-state index contributed by atoms with van der Waals surface area (Å²) in [6.45, 7) is 8.11. The first-order valence-corrected chi connectivity index (χ1v) is 5.95. The summed E-state index contributed by atoms with van der Waals surface area (Å²) in [6.07, 6.45) is 2.03. The first kappa shape index (κ1) is 11.2. The first-order chi connectivity index (χ1) is 7.70. The van der Waals surface area contributed by atoms with Gasteiger partial charge in [0, 0.05) is 24.8 Å². The van der Waals surface area contributed by atoms with Crippen LogP contribution in [0.1, 0.15) is 18.9 Å². The Kier molecular flexibility index (Phi) is 3.30. The highest BCUT2D eigenvalue weighted by molar-refractivity contribution is 5.57. The number of hydrogen-bond donors (Lipinski definition) is 1. The van der Waals surface area contributed by atoms with Crippen molar-refractivity contribution in [1.82, 2.24) is 0 Å². The van der Waals surface area contributed by atoms with Crippen LogP contribution in [0.2, 0.25) is 0 Å². The first-order valence-electron chi connectivity index (χ1n) is 5.95. The van der Waals surface area contributed by atoms with Crippen molar-refractivity contribution in [3.8, 4) is 0 Å². The summed E-state index contributed by atoms with van der Waals surface area (Å²) in [7, 11) is 0. The quantitative estimate of drug-likeness (QED) is 0.786. The van der Waals surface area contributed by atoms with Gasteiger partial charge in [-0.3, -0.25) is 0 Å². The van der Waals surface area contributed by atoms with Crippen LogP contribution < -0.4 is 10.6 Å². The van der Waals surface area contributed by atoms with Crippen molar-refractivity contribution in [1.29, 1.82) is 0 Å². The van der Waals surface area contributed by atoms with Gasteiger partial charge in [0.15, 0.2) is 0 Å². The number of nitrogens with zero attached hydrogens (tertiary/aromatic N) is 1. The number of nitrogens with two attached hydrogens (primary N) is 1. The predicted octanol–water partition coefficient (Wildman–Crippen LogP) is 2.34. The zero-order valence-electron chi connectivity index (χ0n) is 9.95. The van der Waals surface area contributed by atoms with Crippen LogP contribution >= 0.6 is 0 Å². The Morgan fingerprint density at radius 2 is 2.25 bits per heavy atom. The van der Waals surface area contributed by atoms with E-state index < -0.39 is 0 Å². The fourth-order valence-electron chi connectivity index (χ4n) is 2.25. The molecular formula is C14H20N2. The summed E-state index contributed by atoms with van der Waals surface area (Å²) in [5.74, 6) is 0. The van der Waals surface area contributed by atoms with Gasteiger partial charge in [0.1, 0.15) is 0 Å². The fourth-order valence-corrected chi connectivity index (χ4v) is 2.25. The molecule has 1 aliphatic heterocycles. The molecule has 2 N–H and O–H groups in total. The Balaban J connectivity index is 2.23. The number of anilines is 1. The van der Waals surface area contributed by atoms with Crippen LogP contribution in [-0.4, -0.2) is 19.1 Å². The van der Waals surface area contributed by atoms with Gasteiger partial charge in [-0.1, -0.05) is 37.3 Å². The molecule has 1 unspecified atom stereocenters. The SMILES string of the molecule is C=C(CC)CN1CC(N)Cc2ccccc21. The lowest BCUT2D eigenvalue weighted by Gasteiger charge is -2.35. The molecule has 0 saturated heterocycles. The van der Waals surface area contributed by atoms with E-state index in [1.54, 1.807) is 0 Å². The standard InChI is InChI=1S/C14H20N2/c1-3-11(2)9-16-10-13(15)8-12-6-4-5-7-14(12)16/h4-7,13H,2-3,8-10,15H2,1H3. The van der Waals surface area contributed by atoms with E-state index in [4.69, 9.17) is 5.73 Å². The minimum absolute atomic E-state index is 0.250. The Bertz CT molecular complexity index is 384. The van der Waals surface area contributed by atoms with Crippen molar-refractivity contribution < 1.29 is 0 Å². The molecule has 0 spiro atoms. The van der Waals surface area contributed by atoms with Gasteiger partial charge in [-0.05, 0) is 24.5 Å². The third-order valence-electron chi connectivity index (χ3n) is 3.18. The molecule has 0 aromatic heterocycles. The molecule has 2 rings (SSSR count). The third kappa shape index (κ3) is 2.27. The van der Waals surface area contributed by atoms with E-state index in [0.29, 0.717) is 0 Å². The summed E-state index contributed by atoms with van der Waals surface area (Å²) in [5, 5.41) is 0. The van der Waals surface area contributed by atoms with Gasteiger partial charge >= 0.3 is 0 Å². The van der Waals surface area contributed by atoms with E-state index in [9.17, 15) is 0 Å². The Labute approximate surface area is 97.8 Å². The highest BCUT2D eigenvalue weighted by Gasteiger charge is 2.21. The van der Waals surface area contributed by atoms with Gasteiger partial charge in [0.2, 0.25) is 0 Å². The molecule has 0 aliphatic carbocycles. The van der Waals surface area contributed by atoms with Gasteiger partial charge in [-0.2, -0.15) is 0 Å². The lowest BCUT2D eigenvalue weighted by atomic mass is 9.98. The molecule has 1 heterocycles. The van der Waals surface area contributed by atoms with Gasteiger partial charge in [0.25, 0.3) is 0 Å². The largest absolute Gasteiger partial charge is 0.366 e. The minimum Gasteiger partial charge on any atom is -0.366 e. The Morgan fingerprint density at radius 1 is 1.50 bits per heavy atom. The summed E-state index contributed by atoms with van der Waals surface area (Å²) in [5.41, 5.74) is 10.1. The Morgan fingerprint density at radius 3 is 3.00 bits per heavy atom. The molecule has 86 valence electrons. The van der Waals surface area contributed by atoms with Gasteiger partial charge < -0.3 is 10.6 Å². The molecule has 0 radical (unpaired) electrons. The van der Waals surface area contributed by atoms with Crippen LogP contribution in [0.25, 0.3) is 0 Å². The van der Waals surface area contributed by atoms with E-state index in [-0.39, 0.29) is 6.04 Å². The molecule has 1 aromatic rings. The van der Waals surface area contributed by atoms with Crippen LogP contribution in [0.5, 0.6) is 0 Å². The smallest absolute Gasteiger partial charge is 0.0402 e. The topological polar surface area (TPSA) is 29.3 Å². The molecule has 1 atom stereocenters. The minimum atomic E-state index is 0.250. The molecule has 1 aromatic carbocycles. The van der Waals surface area contributed by atoms with Crippen LogP contribution in [0.4, 0.5) is 5.69 Å². The molecule has 16 heavy (non-hydrogen) atoms. The van der Waals surface area contributed by atoms with Crippen molar-refractivity contribution in [2.75, 3.05) is 18.0 Å². The molecule has 2 nitrogen and oxygen atoms in total. The van der Waals surface area contributed by atoms with Gasteiger partial charge in [-0.25, -0.2) is 0 Å². The molecule has 1 aliphatic rings. The van der Waals surface area contributed by atoms with E-state index in [1.807, 2.05) is 0 Å². The molecule has 0 amide bonds. The van der Waals surface area contributed by atoms with E-state index in [2.05, 4.69) is 42.7 Å². The average Bonchev–Trinajstić information content (AvgIpc) is 2.28. The molecule has 0 bridgehead atoms. The van der Waals surface area contributed by atoms with Gasteiger partial charge in [-0.15, -0.1) is 0 Å². The molecule has 0 fully saturated rings. The van der Waals surface area contributed by atoms with Crippen molar-refractivity contribution in [2.45, 2.75) is 25.8 Å². The summed E-state index contributed by atoms with van der Waals surface area (Å²) in [6, 6.07) is 8.79. The summed E-state index contributed by atoms with van der Waals surface area (Å²) < 4.78 is 0. The lowest BCUT2D eigenvalue weighted by Crippen LogP contribution is -2.43. The highest BCUT2D eigenvalue weighted by Crippen LogP contribution is 2.26. The van der Waals surface area contributed by atoms with Crippen molar-refractivity contribution in [3.63, 3.8) is 0 Å². The summed E-state index contributed by atoms with van der Waals surface area (Å²) in [4.78, 5) is 2.36. The predicted molar refractivity (Wildman–Crippen MR) is 69.8 cm³/mol. The normalized spacial score (nSPS) is 19.4. The summed E-state index contributed by atoms with van der Waals surface area (Å²) >= 11 is 0. The van der Waals surface area contributed by atoms with Crippen molar-refractivity contribution in [2.24, 2.45) is 5.73 Å². The zero-order chi connectivity index (χ0) is 11.5. The molecule has 0 saturated carbocycles. The van der Waals surface area contributed by atoms with Crippen LogP contribution in [-0.2, 0) is 6.42 Å². The maximum absolute atomic E-state index is 6.09. The van der Waals surface area contributed by atoms with Crippen molar-refractivity contribution in [3.05, 3.63) is 42.0 Å². The molecule has 2 heteroatoms. The number of hydrogen-bond acceptors (Lipinski definition) is 2. The monoisotopic (exact) mass is 216 g/mol. The number of para-hydroxylation sites is 1. The van der Waals surface area contributed by atoms with E-state index in [0.717, 1.165) is 25.9 Å². The number of rotatable bonds is 3. The maximum Gasteiger partial charge on any atom is 0.0402 e. The van der Waals surface area contributed by atoms with E-state index >= 15 is 0 Å². The number of fused-ring (bicyclic) bond motifs is 1. The lowest BCUT2D eigenvalue weighted by molar-refractivity contribution is 0.610. The second-order valence-corrected chi connectivity index (χ2v) is 4.58. The maximum atomic E-state index is 6.09. The highest BCUT2D eigenvalue weighted by atomic mass is 15.2.